The van der Waals surface area contributed by atoms with Crippen LogP contribution in [0.5, 0.6) is 0 Å². The number of nitrogens with one attached hydrogen (secondary N) is 1. The molecule has 1 N–H and O–H groups in total. The Hall–Kier alpha value is -1.90. The van der Waals surface area contributed by atoms with E-state index in [1.807, 2.05) is 13.1 Å². The van der Waals surface area contributed by atoms with Gasteiger partial charge in [-0.3, -0.25) is 0 Å². The van der Waals surface area contributed by atoms with Gasteiger partial charge in [-0.1, -0.05) is 38.1 Å². The van der Waals surface area contributed by atoms with Crippen LogP contribution in [0.2, 0.25) is 0 Å². The van der Waals surface area contributed by atoms with Crippen molar-refractivity contribution in [3.8, 4) is 0 Å². The Balaban J connectivity index is 2.29. The summed E-state index contributed by atoms with van der Waals surface area (Å²) in [6.07, 6.45) is 1.77. The molecule has 0 amide bonds. The first-order valence-corrected chi connectivity index (χ1v) is 7.17. The van der Waals surface area contributed by atoms with Crippen LogP contribution in [0.3, 0.4) is 0 Å². The van der Waals surface area contributed by atoms with E-state index < -0.39 is 0 Å². The predicted octanol–water partition coefficient (Wildman–Crippen LogP) is 3.62. The molecular formula is C17H23N3. The molecule has 1 heterocycles. The van der Waals surface area contributed by atoms with Crippen molar-refractivity contribution >= 4 is 5.82 Å². The summed E-state index contributed by atoms with van der Waals surface area (Å²) >= 11 is 0. The Labute approximate surface area is 121 Å². The molecular weight excluding hydrogens is 246 g/mol. The Morgan fingerprint density at radius 3 is 2.55 bits per heavy atom. The SMILES string of the molecule is CNc1cc(CC(C)C)nc(Cc2ccccc2C)n1. The Morgan fingerprint density at radius 2 is 1.90 bits per heavy atom. The highest BCUT2D eigenvalue weighted by molar-refractivity contribution is 5.37. The lowest BCUT2D eigenvalue weighted by atomic mass is 10.0. The van der Waals surface area contributed by atoms with E-state index in [1.54, 1.807) is 0 Å². The molecule has 0 radical (unpaired) electrons. The molecule has 0 fully saturated rings. The lowest BCUT2D eigenvalue weighted by Crippen LogP contribution is -2.07. The van der Waals surface area contributed by atoms with Crippen molar-refractivity contribution in [2.45, 2.75) is 33.6 Å². The van der Waals surface area contributed by atoms with Crippen molar-refractivity contribution in [1.29, 1.82) is 0 Å². The third kappa shape index (κ3) is 3.80. The van der Waals surface area contributed by atoms with Crippen LogP contribution in [0.4, 0.5) is 5.82 Å². The molecule has 0 atom stereocenters. The van der Waals surface area contributed by atoms with Crippen LogP contribution in [-0.4, -0.2) is 17.0 Å². The van der Waals surface area contributed by atoms with Crippen molar-refractivity contribution in [1.82, 2.24) is 9.97 Å². The maximum absolute atomic E-state index is 4.71. The van der Waals surface area contributed by atoms with Crippen LogP contribution in [0.25, 0.3) is 0 Å². The van der Waals surface area contributed by atoms with E-state index >= 15 is 0 Å². The second-order valence-electron chi connectivity index (χ2n) is 5.61. The minimum absolute atomic E-state index is 0.598. The van der Waals surface area contributed by atoms with Gasteiger partial charge in [0, 0.05) is 25.2 Å². The number of nitrogens with zero attached hydrogens (tertiary/aromatic N) is 2. The zero-order valence-electron chi connectivity index (χ0n) is 12.8. The van der Waals surface area contributed by atoms with Gasteiger partial charge in [-0.2, -0.15) is 0 Å². The molecule has 0 bridgehead atoms. The summed E-state index contributed by atoms with van der Waals surface area (Å²) in [6, 6.07) is 10.5. The van der Waals surface area contributed by atoms with E-state index in [-0.39, 0.29) is 0 Å². The zero-order valence-corrected chi connectivity index (χ0v) is 12.8. The van der Waals surface area contributed by atoms with E-state index in [9.17, 15) is 0 Å². The minimum Gasteiger partial charge on any atom is -0.373 e. The molecule has 3 heteroatoms. The molecule has 1 aromatic heterocycles. The van der Waals surface area contributed by atoms with Crippen LogP contribution < -0.4 is 5.32 Å². The standard InChI is InChI=1S/C17H23N3/c1-12(2)9-15-11-16(18-4)20-17(19-15)10-14-8-6-5-7-13(14)3/h5-8,11-12H,9-10H2,1-4H3,(H,18,19,20). The number of anilines is 1. The minimum atomic E-state index is 0.598. The van der Waals surface area contributed by atoms with Crippen LogP contribution in [0, 0.1) is 12.8 Å². The average molecular weight is 269 g/mol. The number of aryl methyl sites for hydroxylation is 1. The third-order valence-corrected chi connectivity index (χ3v) is 3.31. The first-order chi connectivity index (χ1) is 9.58. The smallest absolute Gasteiger partial charge is 0.135 e. The molecule has 1 aromatic carbocycles. The second kappa shape index (κ2) is 6.51. The summed E-state index contributed by atoms with van der Waals surface area (Å²) in [4.78, 5) is 9.28. The highest BCUT2D eigenvalue weighted by Crippen LogP contribution is 2.15. The molecule has 0 spiro atoms. The van der Waals surface area contributed by atoms with Gasteiger partial charge in [0.1, 0.15) is 11.6 Å². The van der Waals surface area contributed by atoms with Crippen LogP contribution >= 0.6 is 0 Å². The largest absolute Gasteiger partial charge is 0.373 e. The molecule has 0 saturated heterocycles. The van der Waals surface area contributed by atoms with E-state index in [1.165, 1.54) is 11.1 Å². The summed E-state index contributed by atoms with van der Waals surface area (Å²) in [5, 5.41) is 3.13. The van der Waals surface area contributed by atoms with Gasteiger partial charge in [-0.05, 0) is 30.4 Å². The third-order valence-electron chi connectivity index (χ3n) is 3.31. The number of hydrogen-bond acceptors (Lipinski definition) is 3. The molecule has 0 aliphatic rings. The normalized spacial score (nSPS) is 10.8. The van der Waals surface area contributed by atoms with E-state index in [2.05, 4.69) is 55.3 Å². The predicted molar refractivity (Wildman–Crippen MR) is 84.1 cm³/mol. The molecule has 0 unspecified atom stereocenters. The second-order valence-corrected chi connectivity index (χ2v) is 5.61. The number of hydrogen-bond donors (Lipinski definition) is 1. The van der Waals surface area contributed by atoms with Crippen molar-refractivity contribution in [3.05, 3.63) is 53.0 Å². The van der Waals surface area contributed by atoms with Gasteiger partial charge in [-0.15, -0.1) is 0 Å². The maximum Gasteiger partial charge on any atom is 0.135 e. The summed E-state index contributed by atoms with van der Waals surface area (Å²) in [5.41, 5.74) is 3.69. The molecule has 0 saturated carbocycles. The molecule has 2 aromatic rings. The summed E-state index contributed by atoms with van der Waals surface area (Å²) in [5.74, 6) is 2.39. The molecule has 106 valence electrons. The van der Waals surface area contributed by atoms with E-state index in [0.29, 0.717) is 5.92 Å². The topological polar surface area (TPSA) is 37.8 Å². The summed E-state index contributed by atoms with van der Waals surface area (Å²) < 4.78 is 0. The van der Waals surface area contributed by atoms with Crippen LogP contribution in [-0.2, 0) is 12.8 Å². The van der Waals surface area contributed by atoms with Gasteiger partial charge < -0.3 is 5.32 Å². The fraction of sp³-hybridized carbons (Fsp3) is 0.412. The average Bonchev–Trinajstić information content (AvgIpc) is 2.40. The van der Waals surface area contributed by atoms with Gasteiger partial charge in [0.05, 0.1) is 0 Å². The lowest BCUT2D eigenvalue weighted by Gasteiger charge is -2.10. The number of rotatable bonds is 5. The van der Waals surface area contributed by atoms with E-state index in [0.717, 1.165) is 30.2 Å². The van der Waals surface area contributed by atoms with Crippen LogP contribution in [0.1, 0.15) is 36.5 Å². The maximum atomic E-state index is 4.71. The zero-order chi connectivity index (χ0) is 14.5. The highest BCUT2D eigenvalue weighted by atomic mass is 15.0. The molecule has 0 aliphatic heterocycles. The Morgan fingerprint density at radius 1 is 1.15 bits per heavy atom. The molecule has 2 rings (SSSR count). The molecule has 20 heavy (non-hydrogen) atoms. The fourth-order valence-electron chi connectivity index (χ4n) is 2.26. The van der Waals surface area contributed by atoms with Gasteiger partial charge in [0.25, 0.3) is 0 Å². The van der Waals surface area contributed by atoms with Crippen molar-refractivity contribution in [3.63, 3.8) is 0 Å². The first kappa shape index (κ1) is 14.5. The summed E-state index contributed by atoms with van der Waals surface area (Å²) in [7, 11) is 1.90. The highest BCUT2D eigenvalue weighted by Gasteiger charge is 2.08. The number of aromatic nitrogens is 2. The quantitative estimate of drug-likeness (QED) is 0.901. The van der Waals surface area contributed by atoms with Crippen LogP contribution in [0.15, 0.2) is 30.3 Å². The molecule has 3 nitrogen and oxygen atoms in total. The van der Waals surface area contributed by atoms with E-state index in [4.69, 9.17) is 4.98 Å². The summed E-state index contributed by atoms with van der Waals surface area (Å²) in [6.45, 7) is 6.55. The fourth-order valence-corrected chi connectivity index (χ4v) is 2.26. The first-order valence-electron chi connectivity index (χ1n) is 7.17. The lowest BCUT2D eigenvalue weighted by molar-refractivity contribution is 0.631. The van der Waals surface area contributed by atoms with Crippen molar-refractivity contribution in [2.24, 2.45) is 5.92 Å². The van der Waals surface area contributed by atoms with Gasteiger partial charge in [0.15, 0.2) is 0 Å². The van der Waals surface area contributed by atoms with Gasteiger partial charge >= 0.3 is 0 Å². The van der Waals surface area contributed by atoms with Gasteiger partial charge in [0.2, 0.25) is 0 Å². The molecule has 0 aliphatic carbocycles. The Bertz CT molecular complexity index is 576. The van der Waals surface area contributed by atoms with Crippen molar-refractivity contribution in [2.75, 3.05) is 12.4 Å². The number of benzene rings is 1. The Kier molecular flexibility index (Phi) is 4.72. The van der Waals surface area contributed by atoms with Gasteiger partial charge in [-0.25, -0.2) is 9.97 Å². The monoisotopic (exact) mass is 269 g/mol. The van der Waals surface area contributed by atoms with Crippen molar-refractivity contribution < 1.29 is 0 Å².